The Morgan fingerprint density at radius 3 is 2.63 bits per heavy atom. The highest BCUT2D eigenvalue weighted by atomic mass is 79.9. The smallest absolute Gasteiger partial charge is 0.0992 e. The van der Waals surface area contributed by atoms with Gasteiger partial charge in [-0.05, 0) is 51.5 Å². The number of nitrogens with one attached hydrogen (secondary N) is 1. The molecule has 1 aromatic carbocycles. The summed E-state index contributed by atoms with van der Waals surface area (Å²) in [4.78, 5) is 1.33. The van der Waals surface area contributed by atoms with Crippen molar-refractivity contribution in [2.75, 3.05) is 5.32 Å². The number of hydrogen-bond acceptors (Lipinski definition) is 3. The minimum absolute atomic E-state index is 0.282. The van der Waals surface area contributed by atoms with E-state index in [4.69, 9.17) is 5.26 Å². The predicted molar refractivity (Wildman–Crippen MR) is 84.4 cm³/mol. The van der Waals surface area contributed by atoms with Crippen molar-refractivity contribution in [2.24, 2.45) is 5.92 Å². The summed E-state index contributed by atoms with van der Waals surface area (Å²) < 4.78 is 0.925. The third-order valence-corrected chi connectivity index (χ3v) is 4.54. The van der Waals surface area contributed by atoms with Gasteiger partial charge >= 0.3 is 0 Å². The van der Waals surface area contributed by atoms with E-state index in [1.54, 1.807) is 11.3 Å². The first-order valence-electron chi connectivity index (χ1n) is 6.11. The second kappa shape index (κ2) is 6.23. The Balaban J connectivity index is 2.26. The molecule has 0 aliphatic rings. The topological polar surface area (TPSA) is 35.8 Å². The maximum absolute atomic E-state index is 8.88. The fourth-order valence-electron chi connectivity index (χ4n) is 1.90. The zero-order valence-electron chi connectivity index (χ0n) is 10.9. The number of rotatable bonds is 4. The van der Waals surface area contributed by atoms with Crippen LogP contribution in [0.4, 0.5) is 5.69 Å². The van der Waals surface area contributed by atoms with E-state index in [2.05, 4.69) is 58.7 Å². The van der Waals surface area contributed by atoms with Crippen LogP contribution in [0.2, 0.25) is 0 Å². The number of hydrogen-bond donors (Lipinski definition) is 1. The summed E-state index contributed by atoms with van der Waals surface area (Å²) in [6, 6.07) is 12.3. The fraction of sp³-hybridized carbons (Fsp3) is 0.267. The average molecular weight is 335 g/mol. The van der Waals surface area contributed by atoms with Gasteiger partial charge in [-0.15, -0.1) is 11.3 Å². The second-order valence-electron chi connectivity index (χ2n) is 4.69. The van der Waals surface area contributed by atoms with Gasteiger partial charge < -0.3 is 5.32 Å². The number of thiophene rings is 1. The van der Waals surface area contributed by atoms with Crippen LogP contribution in [0.1, 0.15) is 30.3 Å². The van der Waals surface area contributed by atoms with E-state index in [1.165, 1.54) is 4.88 Å². The van der Waals surface area contributed by atoms with Gasteiger partial charge in [-0.25, -0.2) is 0 Å². The van der Waals surface area contributed by atoms with E-state index < -0.39 is 0 Å². The molecule has 1 aromatic heterocycles. The molecule has 4 heteroatoms. The van der Waals surface area contributed by atoms with Crippen molar-refractivity contribution < 1.29 is 0 Å². The highest BCUT2D eigenvalue weighted by molar-refractivity contribution is 9.10. The first kappa shape index (κ1) is 14.1. The Hall–Kier alpha value is -1.31. The molecular weight excluding hydrogens is 320 g/mol. The van der Waals surface area contributed by atoms with Crippen LogP contribution in [-0.4, -0.2) is 0 Å². The van der Waals surface area contributed by atoms with Gasteiger partial charge in [-0.3, -0.25) is 0 Å². The summed E-state index contributed by atoms with van der Waals surface area (Å²) in [7, 11) is 0. The number of halogens is 1. The van der Waals surface area contributed by atoms with Crippen molar-refractivity contribution in [1.82, 2.24) is 0 Å². The second-order valence-corrected chi connectivity index (χ2v) is 6.52. The molecule has 2 nitrogen and oxygen atoms in total. The van der Waals surface area contributed by atoms with Gasteiger partial charge in [0.05, 0.1) is 17.7 Å². The van der Waals surface area contributed by atoms with E-state index in [1.807, 2.05) is 18.2 Å². The van der Waals surface area contributed by atoms with E-state index in [-0.39, 0.29) is 6.04 Å². The molecule has 0 radical (unpaired) electrons. The van der Waals surface area contributed by atoms with E-state index >= 15 is 0 Å². The van der Waals surface area contributed by atoms with Crippen LogP contribution in [-0.2, 0) is 0 Å². The third kappa shape index (κ3) is 3.37. The lowest BCUT2D eigenvalue weighted by atomic mass is 10.0. The van der Waals surface area contributed by atoms with Crippen molar-refractivity contribution in [1.29, 1.82) is 5.26 Å². The molecule has 0 aliphatic carbocycles. The van der Waals surface area contributed by atoms with E-state index in [0.29, 0.717) is 11.5 Å². The zero-order chi connectivity index (χ0) is 13.8. The van der Waals surface area contributed by atoms with Gasteiger partial charge in [0.1, 0.15) is 0 Å². The molecule has 19 heavy (non-hydrogen) atoms. The SMILES string of the molecule is CC(C)C(Nc1ccc(C#N)cc1Br)c1cccs1. The quantitative estimate of drug-likeness (QED) is 0.834. The van der Waals surface area contributed by atoms with Gasteiger partial charge in [0.2, 0.25) is 0 Å². The standard InChI is InChI=1S/C15H15BrN2S/c1-10(2)15(14-4-3-7-19-14)18-13-6-5-11(9-17)8-12(13)16/h3-8,10,15,18H,1-2H3. The highest BCUT2D eigenvalue weighted by Crippen LogP contribution is 2.33. The number of anilines is 1. The molecule has 0 fully saturated rings. The molecular formula is C15H15BrN2S. The molecule has 98 valence electrons. The molecule has 1 atom stereocenters. The van der Waals surface area contributed by atoms with Crippen LogP contribution in [0.5, 0.6) is 0 Å². The Kier molecular flexibility index (Phi) is 4.62. The van der Waals surface area contributed by atoms with Crippen molar-refractivity contribution in [2.45, 2.75) is 19.9 Å². The normalized spacial score (nSPS) is 12.2. The lowest BCUT2D eigenvalue weighted by Crippen LogP contribution is -2.15. The van der Waals surface area contributed by atoms with Crippen molar-refractivity contribution in [3.8, 4) is 6.07 Å². The molecule has 1 N–H and O–H groups in total. The summed E-state index contributed by atoms with van der Waals surface area (Å²) in [5.41, 5.74) is 1.68. The Bertz CT molecular complexity index is 585. The number of nitriles is 1. The summed E-state index contributed by atoms with van der Waals surface area (Å²) in [6.45, 7) is 4.41. The van der Waals surface area contributed by atoms with Crippen LogP contribution in [0.15, 0.2) is 40.2 Å². The van der Waals surface area contributed by atoms with Crippen LogP contribution >= 0.6 is 27.3 Å². The lowest BCUT2D eigenvalue weighted by molar-refractivity contribution is 0.553. The van der Waals surface area contributed by atoms with Crippen LogP contribution < -0.4 is 5.32 Å². The van der Waals surface area contributed by atoms with Gasteiger partial charge in [-0.2, -0.15) is 5.26 Å². The zero-order valence-corrected chi connectivity index (χ0v) is 13.3. The summed E-state index contributed by atoms with van der Waals surface area (Å²) in [5.74, 6) is 0.487. The molecule has 0 bridgehead atoms. The molecule has 1 heterocycles. The molecule has 2 aromatic rings. The minimum Gasteiger partial charge on any atom is -0.376 e. The fourth-order valence-corrected chi connectivity index (χ4v) is 3.35. The maximum Gasteiger partial charge on any atom is 0.0992 e. The van der Waals surface area contributed by atoms with Gasteiger partial charge in [0.25, 0.3) is 0 Å². The van der Waals surface area contributed by atoms with Gasteiger partial charge in [-0.1, -0.05) is 19.9 Å². The van der Waals surface area contributed by atoms with Crippen LogP contribution in [0.3, 0.4) is 0 Å². The van der Waals surface area contributed by atoms with Crippen molar-refractivity contribution in [3.05, 3.63) is 50.6 Å². The van der Waals surface area contributed by atoms with E-state index in [9.17, 15) is 0 Å². The maximum atomic E-state index is 8.88. The first-order chi connectivity index (χ1) is 9.11. The molecule has 0 saturated heterocycles. The van der Waals surface area contributed by atoms with Crippen molar-refractivity contribution >= 4 is 33.0 Å². The molecule has 0 aliphatic heterocycles. The van der Waals surface area contributed by atoms with E-state index in [0.717, 1.165) is 10.2 Å². The molecule has 2 rings (SSSR count). The summed E-state index contributed by atoms with van der Waals surface area (Å²) in [5, 5.41) is 14.5. The minimum atomic E-state index is 0.282. The lowest BCUT2D eigenvalue weighted by Gasteiger charge is -2.23. The highest BCUT2D eigenvalue weighted by Gasteiger charge is 2.17. The Labute approximate surface area is 126 Å². The largest absolute Gasteiger partial charge is 0.376 e. The summed E-state index contributed by atoms with van der Waals surface area (Å²) >= 11 is 5.28. The monoisotopic (exact) mass is 334 g/mol. The molecule has 1 unspecified atom stereocenters. The number of benzene rings is 1. The van der Waals surface area contributed by atoms with Crippen LogP contribution in [0.25, 0.3) is 0 Å². The number of nitrogens with zero attached hydrogens (tertiary/aromatic N) is 1. The van der Waals surface area contributed by atoms with Crippen LogP contribution in [0, 0.1) is 17.2 Å². The average Bonchev–Trinajstić information content (AvgIpc) is 2.90. The predicted octanol–water partition coefficient (Wildman–Crippen LogP) is 5.19. The molecule has 0 amide bonds. The van der Waals surface area contributed by atoms with Gasteiger partial charge in [0, 0.05) is 15.0 Å². The molecule has 0 spiro atoms. The third-order valence-electron chi connectivity index (χ3n) is 2.93. The van der Waals surface area contributed by atoms with Crippen molar-refractivity contribution in [3.63, 3.8) is 0 Å². The Morgan fingerprint density at radius 2 is 2.11 bits per heavy atom. The first-order valence-corrected chi connectivity index (χ1v) is 7.78. The Morgan fingerprint density at radius 1 is 1.32 bits per heavy atom. The summed E-state index contributed by atoms with van der Waals surface area (Å²) in [6.07, 6.45) is 0. The van der Waals surface area contributed by atoms with Gasteiger partial charge in [0.15, 0.2) is 0 Å². The molecule has 0 saturated carbocycles.